The van der Waals surface area contributed by atoms with Gasteiger partial charge in [-0.2, -0.15) is 0 Å². The van der Waals surface area contributed by atoms with Gasteiger partial charge in [0.25, 0.3) is 5.54 Å². The number of benzene rings is 1. The molecule has 1 aliphatic heterocycles. The molecular formula is C21H31N3O. The molecule has 4 nitrogen and oxygen atoms in total. The average molecular weight is 341 g/mol. The van der Waals surface area contributed by atoms with Crippen LogP contribution >= 0.6 is 0 Å². The summed E-state index contributed by atoms with van der Waals surface area (Å²) in [6, 6.07) is 6.88. The number of rotatable bonds is 5. The normalized spacial score (nSPS) is 20.6. The van der Waals surface area contributed by atoms with E-state index in [1.165, 1.54) is 0 Å². The first-order valence-electron chi connectivity index (χ1n) is 9.69. The molecular weight excluding hydrogens is 310 g/mol. The Kier molecular flexibility index (Phi) is 5.54. The maximum Gasteiger partial charge on any atom is 0.257 e. The molecule has 0 atom stereocenters. The Morgan fingerprint density at radius 3 is 2.52 bits per heavy atom. The van der Waals surface area contributed by atoms with E-state index >= 15 is 0 Å². The zero-order valence-electron chi connectivity index (χ0n) is 15.6. The molecule has 0 unspecified atom stereocenters. The topological polar surface area (TPSA) is 42.9 Å². The van der Waals surface area contributed by atoms with Gasteiger partial charge in [0.2, 0.25) is 0 Å². The van der Waals surface area contributed by atoms with Gasteiger partial charge in [-0.05, 0) is 49.8 Å². The van der Waals surface area contributed by atoms with E-state index in [4.69, 9.17) is 17.0 Å². The van der Waals surface area contributed by atoms with Crippen molar-refractivity contribution in [3.8, 4) is 0 Å². The van der Waals surface area contributed by atoms with Gasteiger partial charge in [0, 0.05) is 44.2 Å². The van der Waals surface area contributed by atoms with E-state index in [-0.39, 0.29) is 5.54 Å². The molecule has 1 aromatic carbocycles. The zero-order chi connectivity index (χ0) is 17.9. The minimum absolute atomic E-state index is 0.339. The summed E-state index contributed by atoms with van der Waals surface area (Å²) in [7, 11) is 0. The highest BCUT2D eigenvalue weighted by atomic mass is 16.5. The molecule has 1 saturated heterocycles. The fourth-order valence-electron chi connectivity index (χ4n) is 4.36. The number of hydrogen-bond donors (Lipinski definition) is 1. The quantitative estimate of drug-likeness (QED) is 0.629. The van der Waals surface area contributed by atoms with Gasteiger partial charge in [-0.25, -0.2) is 6.57 Å². The summed E-state index contributed by atoms with van der Waals surface area (Å²) in [6.07, 6.45) is 6.33. The first-order chi connectivity index (χ1) is 12.1. The molecule has 1 saturated carbocycles. The highest BCUT2D eigenvalue weighted by Crippen LogP contribution is 2.44. The molecule has 3 rings (SSSR count). The average Bonchev–Trinajstić information content (AvgIpc) is 3.11. The van der Waals surface area contributed by atoms with Crippen molar-refractivity contribution in [1.29, 1.82) is 0 Å². The Morgan fingerprint density at radius 1 is 1.28 bits per heavy atom. The molecule has 2 aliphatic rings. The summed E-state index contributed by atoms with van der Waals surface area (Å²) < 4.78 is 5.54. The van der Waals surface area contributed by atoms with E-state index < -0.39 is 0 Å². The molecule has 2 fully saturated rings. The molecule has 4 heteroatoms. The lowest BCUT2D eigenvalue weighted by Gasteiger charge is -2.38. The lowest BCUT2D eigenvalue weighted by Crippen LogP contribution is -2.42. The fraction of sp³-hybridized carbons (Fsp3) is 0.667. The smallest absolute Gasteiger partial charge is 0.257 e. The number of ether oxygens (including phenoxy) is 1. The van der Waals surface area contributed by atoms with E-state index in [1.807, 2.05) is 0 Å². The summed E-state index contributed by atoms with van der Waals surface area (Å²) in [5, 5.41) is 0. The van der Waals surface area contributed by atoms with Crippen molar-refractivity contribution in [2.45, 2.75) is 64.0 Å². The second-order valence-electron chi connectivity index (χ2n) is 8.01. The molecule has 136 valence electrons. The van der Waals surface area contributed by atoms with Crippen LogP contribution in [0.3, 0.4) is 0 Å². The molecule has 1 aliphatic carbocycles. The Labute approximate surface area is 152 Å². The van der Waals surface area contributed by atoms with Crippen molar-refractivity contribution >= 4 is 11.4 Å². The molecule has 0 radical (unpaired) electrons. The zero-order valence-corrected chi connectivity index (χ0v) is 15.6. The van der Waals surface area contributed by atoms with E-state index in [1.54, 1.807) is 0 Å². The number of nitrogen functional groups attached to an aromatic ring is 1. The summed E-state index contributed by atoms with van der Waals surface area (Å²) in [6.45, 7) is 14.9. The van der Waals surface area contributed by atoms with Gasteiger partial charge in [0.05, 0.1) is 11.4 Å². The van der Waals surface area contributed by atoms with Crippen LogP contribution in [-0.4, -0.2) is 25.8 Å². The minimum Gasteiger partial charge on any atom is -0.397 e. The monoisotopic (exact) mass is 341 g/mol. The van der Waals surface area contributed by atoms with Crippen molar-refractivity contribution in [1.82, 2.24) is 0 Å². The summed E-state index contributed by atoms with van der Waals surface area (Å²) in [4.78, 5) is 6.49. The van der Waals surface area contributed by atoms with Gasteiger partial charge < -0.3 is 20.2 Å². The molecule has 0 amide bonds. The molecule has 0 bridgehead atoms. The maximum atomic E-state index is 7.71. The van der Waals surface area contributed by atoms with Crippen LogP contribution in [0.5, 0.6) is 0 Å². The van der Waals surface area contributed by atoms with Crippen LogP contribution in [0, 0.1) is 12.5 Å². The highest BCUT2D eigenvalue weighted by Gasteiger charge is 2.42. The van der Waals surface area contributed by atoms with E-state index in [9.17, 15) is 0 Å². The van der Waals surface area contributed by atoms with Gasteiger partial charge in [-0.15, -0.1) is 0 Å². The Bertz CT molecular complexity index is 623. The third-order valence-electron chi connectivity index (χ3n) is 5.71. The van der Waals surface area contributed by atoms with Gasteiger partial charge in [-0.1, -0.05) is 13.8 Å². The first-order valence-corrected chi connectivity index (χ1v) is 9.69. The number of anilines is 2. The van der Waals surface area contributed by atoms with Crippen LogP contribution in [0.15, 0.2) is 18.2 Å². The van der Waals surface area contributed by atoms with Crippen molar-refractivity contribution < 1.29 is 4.74 Å². The minimum atomic E-state index is -0.339. The van der Waals surface area contributed by atoms with Crippen molar-refractivity contribution in [2.75, 3.05) is 30.4 Å². The van der Waals surface area contributed by atoms with Crippen LogP contribution in [0.1, 0.15) is 57.9 Å². The molecule has 25 heavy (non-hydrogen) atoms. The fourth-order valence-corrected chi connectivity index (χ4v) is 4.36. The maximum absolute atomic E-state index is 7.71. The number of nitrogens with two attached hydrogens (primary N) is 1. The van der Waals surface area contributed by atoms with Gasteiger partial charge in [0.1, 0.15) is 0 Å². The number of nitrogens with zero attached hydrogens (tertiary/aromatic N) is 2. The van der Waals surface area contributed by atoms with Crippen LogP contribution in [0.25, 0.3) is 4.85 Å². The number of hydrogen-bond acceptors (Lipinski definition) is 3. The predicted molar refractivity (Wildman–Crippen MR) is 104 cm³/mol. The van der Waals surface area contributed by atoms with E-state index in [0.29, 0.717) is 12.0 Å². The SMILES string of the molecule is [C-]#[N+]C1(c2ccc(N(CC(C)C)C3CCOCC3)c(N)c2)CCCC1. The van der Waals surface area contributed by atoms with Crippen LogP contribution in [-0.2, 0) is 10.3 Å². The van der Waals surface area contributed by atoms with Crippen LogP contribution < -0.4 is 10.6 Å². The Balaban J connectivity index is 1.90. The Hall–Kier alpha value is -1.73. The van der Waals surface area contributed by atoms with Gasteiger partial charge >= 0.3 is 0 Å². The van der Waals surface area contributed by atoms with E-state index in [0.717, 1.165) is 75.2 Å². The third-order valence-corrected chi connectivity index (χ3v) is 5.71. The predicted octanol–water partition coefficient (Wildman–Crippen LogP) is 4.60. The third kappa shape index (κ3) is 3.77. The summed E-state index contributed by atoms with van der Waals surface area (Å²) in [5.41, 5.74) is 9.23. The standard InChI is InChI=1S/C21H31N3O/c1-16(2)15-24(18-8-12-25-13-9-18)20-7-6-17(14-19(20)22)21(23-3)10-4-5-11-21/h6-7,14,16,18H,4-5,8-13,15,22H2,1-2H3. The van der Waals surface area contributed by atoms with E-state index in [2.05, 4.69) is 41.8 Å². The van der Waals surface area contributed by atoms with Crippen LogP contribution in [0.4, 0.5) is 11.4 Å². The molecule has 0 spiro atoms. The van der Waals surface area contributed by atoms with Gasteiger partial charge in [0.15, 0.2) is 0 Å². The summed E-state index contributed by atoms with van der Waals surface area (Å²) in [5.74, 6) is 0.575. The molecule has 1 heterocycles. The van der Waals surface area contributed by atoms with Crippen molar-refractivity contribution in [3.05, 3.63) is 35.2 Å². The second-order valence-corrected chi connectivity index (χ2v) is 8.01. The lowest BCUT2D eigenvalue weighted by atomic mass is 9.88. The first kappa shape index (κ1) is 18.1. The van der Waals surface area contributed by atoms with Gasteiger partial charge in [-0.3, -0.25) is 0 Å². The molecule has 2 N–H and O–H groups in total. The highest BCUT2D eigenvalue weighted by molar-refractivity contribution is 5.69. The van der Waals surface area contributed by atoms with Crippen molar-refractivity contribution in [2.24, 2.45) is 5.92 Å². The van der Waals surface area contributed by atoms with Crippen molar-refractivity contribution in [3.63, 3.8) is 0 Å². The summed E-state index contributed by atoms with van der Waals surface area (Å²) >= 11 is 0. The molecule has 1 aromatic rings. The second kappa shape index (κ2) is 7.66. The largest absolute Gasteiger partial charge is 0.397 e. The Morgan fingerprint density at radius 2 is 1.96 bits per heavy atom. The molecule has 0 aromatic heterocycles. The lowest BCUT2D eigenvalue weighted by molar-refractivity contribution is 0.0839. The van der Waals surface area contributed by atoms with Crippen LogP contribution in [0.2, 0.25) is 0 Å².